The number of aliphatic carboxylic acids is 1. The van der Waals surface area contributed by atoms with Crippen LogP contribution in [0.5, 0.6) is 0 Å². The molecule has 1 aliphatic rings. The number of hydroxylamine groups is 1. The Labute approximate surface area is 109 Å². The van der Waals surface area contributed by atoms with Crippen molar-refractivity contribution in [1.82, 2.24) is 5.48 Å². The molecule has 2 N–H and O–H groups in total. The van der Waals surface area contributed by atoms with Crippen molar-refractivity contribution in [2.45, 2.75) is 6.10 Å². The Kier molecular flexibility index (Phi) is 3.32. The minimum Gasteiger partial charge on any atom is -0.479 e. The van der Waals surface area contributed by atoms with Crippen LogP contribution in [0.25, 0.3) is 5.70 Å². The van der Waals surface area contributed by atoms with E-state index in [9.17, 15) is 4.79 Å². The van der Waals surface area contributed by atoms with Gasteiger partial charge in [-0.05, 0) is 50.1 Å². The van der Waals surface area contributed by atoms with Gasteiger partial charge in [0.05, 0.1) is 5.70 Å². The van der Waals surface area contributed by atoms with E-state index >= 15 is 0 Å². The molecule has 0 bridgehead atoms. The fourth-order valence-corrected chi connectivity index (χ4v) is 1.91. The van der Waals surface area contributed by atoms with E-state index in [2.05, 4.69) is 37.3 Å². The van der Waals surface area contributed by atoms with E-state index in [1.165, 1.54) is 6.08 Å². The molecule has 1 aliphatic heterocycles. The number of hydrogen-bond acceptors (Lipinski definition) is 3. The van der Waals surface area contributed by atoms with Gasteiger partial charge in [-0.1, -0.05) is 6.07 Å². The molecule has 6 heteroatoms. The molecule has 0 amide bonds. The van der Waals surface area contributed by atoms with E-state index in [1.807, 2.05) is 18.2 Å². The fourth-order valence-electron chi connectivity index (χ4n) is 1.29. The molecule has 2 rings (SSSR count). The van der Waals surface area contributed by atoms with E-state index in [-0.39, 0.29) is 0 Å². The van der Waals surface area contributed by atoms with Crippen LogP contribution < -0.4 is 5.48 Å². The molecule has 0 saturated heterocycles. The lowest BCUT2D eigenvalue weighted by atomic mass is 10.1. The minimum atomic E-state index is -1.02. The lowest BCUT2D eigenvalue weighted by molar-refractivity contribution is -0.148. The number of carboxylic acids is 1. The molecule has 0 spiro atoms. The van der Waals surface area contributed by atoms with Gasteiger partial charge in [0, 0.05) is 14.5 Å². The van der Waals surface area contributed by atoms with Crippen molar-refractivity contribution in [2.24, 2.45) is 0 Å². The summed E-state index contributed by atoms with van der Waals surface area (Å²) in [6, 6.07) is 5.60. The van der Waals surface area contributed by atoms with Crippen molar-refractivity contribution in [3.63, 3.8) is 0 Å². The van der Waals surface area contributed by atoms with Crippen molar-refractivity contribution >= 4 is 43.5 Å². The summed E-state index contributed by atoms with van der Waals surface area (Å²) in [5, 5.41) is 8.75. The van der Waals surface area contributed by atoms with Crippen molar-refractivity contribution < 1.29 is 14.7 Å². The molecule has 1 aromatic rings. The van der Waals surface area contributed by atoms with E-state index in [4.69, 9.17) is 9.94 Å². The Balaban J connectivity index is 2.29. The largest absolute Gasteiger partial charge is 0.479 e. The Morgan fingerprint density at radius 1 is 1.38 bits per heavy atom. The molecule has 1 heterocycles. The van der Waals surface area contributed by atoms with Gasteiger partial charge in [0.25, 0.3) is 0 Å². The lowest BCUT2D eigenvalue weighted by Gasteiger charge is -2.04. The van der Waals surface area contributed by atoms with Crippen LogP contribution in [-0.4, -0.2) is 17.2 Å². The molecule has 84 valence electrons. The fraction of sp³-hybridized carbons (Fsp3) is 0.100. The molecule has 1 atom stereocenters. The third-order valence-corrected chi connectivity index (χ3v) is 3.97. The highest BCUT2D eigenvalue weighted by molar-refractivity contribution is 9.13. The number of carbonyl (C=O) groups is 1. The zero-order chi connectivity index (χ0) is 11.7. The summed E-state index contributed by atoms with van der Waals surface area (Å²) in [5.74, 6) is -1.02. The maximum atomic E-state index is 10.7. The highest BCUT2D eigenvalue weighted by Crippen LogP contribution is 2.27. The predicted molar refractivity (Wildman–Crippen MR) is 65.5 cm³/mol. The van der Waals surface area contributed by atoms with Crippen molar-refractivity contribution in [2.75, 3.05) is 0 Å². The van der Waals surface area contributed by atoms with Crippen LogP contribution in [0.4, 0.5) is 0 Å². The van der Waals surface area contributed by atoms with Gasteiger partial charge in [-0.3, -0.25) is 10.3 Å². The highest BCUT2D eigenvalue weighted by Gasteiger charge is 2.23. The second kappa shape index (κ2) is 4.57. The highest BCUT2D eigenvalue weighted by atomic mass is 79.9. The average Bonchev–Trinajstić information content (AvgIpc) is 2.71. The number of rotatable bonds is 2. The van der Waals surface area contributed by atoms with Crippen molar-refractivity contribution in [3.05, 3.63) is 38.8 Å². The molecule has 0 fully saturated rings. The van der Waals surface area contributed by atoms with Gasteiger partial charge in [0.1, 0.15) is 0 Å². The Hall–Kier alpha value is -0.850. The second-order valence-corrected chi connectivity index (χ2v) is 4.90. The first-order chi connectivity index (χ1) is 7.58. The summed E-state index contributed by atoms with van der Waals surface area (Å²) in [7, 11) is 0. The van der Waals surface area contributed by atoms with Gasteiger partial charge >= 0.3 is 5.97 Å². The van der Waals surface area contributed by atoms with Crippen LogP contribution in [0, 0.1) is 0 Å². The smallest absolute Gasteiger partial charge is 0.339 e. The number of carboxylic acid groups (broad SMARTS) is 1. The topological polar surface area (TPSA) is 58.6 Å². The maximum Gasteiger partial charge on any atom is 0.339 e. The Morgan fingerprint density at radius 3 is 2.69 bits per heavy atom. The van der Waals surface area contributed by atoms with Crippen molar-refractivity contribution in [3.8, 4) is 0 Å². The minimum absolute atomic E-state index is 0.653. The third-order valence-electron chi connectivity index (χ3n) is 2.09. The van der Waals surface area contributed by atoms with Crippen LogP contribution in [0.2, 0.25) is 0 Å². The zero-order valence-electron chi connectivity index (χ0n) is 7.91. The molecule has 16 heavy (non-hydrogen) atoms. The first-order valence-corrected chi connectivity index (χ1v) is 5.98. The zero-order valence-corrected chi connectivity index (χ0v) is 11.1. The van der Waals surface area contributed by atoms with E-state index in [1.54, 1.807) is 0 Å². The first kappa shape index (κ1) is 11.6. The normalized spacial score (nSPS) is 19.1. The third kappa shape index (κ3) is 2.28. The number of hydrogen-bond donors (Lipinski definition) is 2. The van der Waals surface area contributed by atoms with Crippen LogP contribution in [0.3, 0.4) is 0 Å². The maximum absolute atomic E-state index is 10.7. The Morgan fingerprint density at radius 2 is 2.12 bits per heavy atom. The van der Waals surface area contributed by atoms with E-state index in [0.29, 0.717) is 5.70 Å². The van der Waals surface area contributed by atoms with Crippen LogP contribution >= 0.6 is 31.9 Å². The summed E-state index contributed by atoms with van der Waals surface area (Å²) in [6.07, 6.45) is 0.593. The van der Waals surface area contributed by atoms with E-state index < -0.39 is 12.1 Å². The summed E-state index contributed by atoms with van der Waals surface area (Å²) < 4.78 is 1.83. The molecule has 1 unspecified atom stereocenters. The summed E-state index contributed by atoms with van der Waals surface area (Å²) >= 11 is 6.74. The van der Waals surface area contributed by atoms with Crippen LogP contribution in [0.15, 0.2) is 33.2 Å². The van der Waals surface area contributed by atoms with E-state index in [0.717, 1.165) is 14.5 Å². The molecule has 0 saturated carbocycles. The molecular weight excluding hydrogens is 342 g/mol. The van der Waals surface area contributed by atoms with Gasteiger partial charge in [-0.25, -0.2) is 4.79 Å². The first-order valence-electron chi connectivity index (χ1n) is 4.39. The Bertz CT molecular complexity index is 473. The van der Waals surface area contributed by atoms with Crippen LogP contribution in [0.1, 0.15) is 5.56 Å². The number of halogens is 2. The van der Waals surface area contributed by atoms with Gasteiger partial charge in [-0.15, -0.1) is 0 Å². The van der Waals surface area contributed by atoms with Gasteiger partial charge in [-0.2, -0.15) is 0 Å². The standard InChI is InChI=1S/C10H7Br2NO3/c11-6-2-1-5(3-7(6)12)8-4-9(10(14)15)16-13-8/h1-4,9,13H,(H,14,15). The summed E-state index contributed by atoms with van der Waals surface area (Å²) in [5.41, 5.74) is 4.11. The lowest BCUT2D eigenvalue weighted by Crippen LogP contribution is -2.20. The molecule has 0 aromatic heterocycles. The van der Waals surface area contributed by atoms with Gasteiger partial charge < -0.3 is 5.11 Å². The molecule has 4 nitrogen and oxygen atoms in total. The predicted octanol–water partition coefficient (Wildman–Crippen LogP) is 2.54. The quantitative estimate of drug-likeness (QED) is 0.862. The van der Waals surface area contributed by atoms with Gasteiger partial charge in [0.15, 0.2) is 0 Å². The van der Waals surface area contributed by atoms with Gasteiger partial charge in [0.2, 0.25) is 6.10 Å². The second-order valence-electron chi connectivity index (χ2n) is 3.19. The average molecular weight is 349 g/mol. The molecule has 1 aromatic carbocycles. The monoisotopic (exact) mass is 347 g/mol. The van der Waals surface area contributed by atoms with Crippen molar-refractivity contribution in [1.29, 1.82) is 0 Å². The molecular formula is C10H7Br2NO3. The number of nitrogens with one attached hydrogen (secondary N) is 1. The SMILES string of the molecule is O=C(O)C1C=C(c2ccc(Br)c(Br)c2)NO1. The molecule has 0 radical (unpaired) electrons. The molecule has 0 aliphatic carbocycles. The summed E-state index contributed by atoms with van der Waals surface area (Å²) in [6.45, 7) is 0. The van der Waals surface area contributed by atoms with Crippen LogP contribution in [-0.2, 0) is 9.63 Å². The number of benzene rings is 1. The summed E-state index contributed by atoms with van der Waals surface area (Å²) in [4.78, 5) is 15.6.